The van der Waals surface area contributed by atoms with Crippen LogP contribution in [0.5, 0.6) is 0 Å². The SMILES string of the molecule is CCCNS(=O)(=O)c1ccn(C)c1. The molecule has 0 spiro atoms. The van der Waals surface area contributed by atoms with Gasteiger partial charge >= 0.3 is 0 Å². The summed E-state index contributed by atoms with van der Waals surface area (Å²) in [5.41, 5.74) is 0. The van der Waals surface area contributed by atoms with E-state index in [0.29, 0.717) is 11.4 Å². The summed E-state index contributed by atoms with van der Waals surface area (Å²) in [6, 6.07) is 1.58. The second-order valence-corrected chi connectivity index (χ2v) is 4.68. The first-order chi connectivity index (χ1) is 6.06. The predicted molar refractivity (Wildman–Crippen MR) is 50.9 cm³/mol. The fraction of sp³-hybridized carbons (Fsp3) is 0.500. The Morgan fingerprint density at radius 3 is 2.69 bits per heavy atom. The van der Waals surface area contributed by atoms with E-state index in [1.54, 1.807) is 30.1 Å². The van der Waals surface area contributed by atoms with Crippen LogP contribution in [0.15, 0.2) is 23.4 Å². The van der Waals surface area contributed by atoms with Crippen molar-refractivity contribution in [1.82, 2.24) is 9.29 Å². The minimum atomic E-state index is -3.27. The van der Waals surface area contributed by atoms with E-state index in [4.69, 9.17) is 0 Å². The highest BCUT2D eigenvalue weighted by molar-refractivity contribution is 7.89. The highest BCUT2D eigenvalue weighted by atomic mass is 32.2. The van der Waals surface area contributed by atoms with Crippen LogP contribution in [-0.2, 0) is 17.1 Å². The summed E-state index contributed by atoms with van der Waals surface area (Å²) in [5, 5.41) is 0. The van der Waals surface area contributed by atoms with Crippen molar-refractivity contribution < 1.29 is 8.42 Å². The molecule has 5 heteroatoms. The van der Waals surface area contributed by atoms with Crippen molar-refractivity contribution in [2.75, 3.05) is 6.54 Å². The van der Waals surface area contributed by atoms with E-state index < -0.39 is 10.0 Å². The minimum absolute atomic E-state index is 0.323. The maximum atomic E-state index is 11.5. The molecule has 0 aromatic carbocycles. The van der Waals surface area contributed by atoms with Crippen LogP contribution in [0.25, 0.3) is 0 Å². The molecule has 4 nitrogen and oxygen atoms in total. The Morgan fingerprint density at radius 1 is 1.54 bits per heavy atom. The van der Waals surface area contributed by atoms with Gasteiger partial charge in [0.1, 0.15) is 0 Å². The van der Waals surface area contributed by atoms with Gasteiger partial charge in [0.15, 0.2) is 0 Å². The lowest BCUT2D eigenvalue weighted by Crippen LogP contribution is -2.23. The van der Waals surface area contributed by atoms with Crippen molar-refractivity contribution in [3.8, 4) is 0 Å². The molecule has 0 bridgehead atoms. The van der Waals surface area contributed by atoms with Crippen LogP contribution in [0, 0.1) is 0 Å². The number of aromatic nitrogens is 1. The van der Waals surface area contributed by atoms with Gasteiger partial charge in [-0.15, -0.1) is 0 Å². The van der Waals surface area contributed by atoms with Gasteiger partial charge < -0.3 is 4.57 Å². The van der Waals surface area contributed by atoms with Gasteiger partial charge in [-0.1, -0.05) is 6.92 Å². The molecule has 0 saturated carbocycles. The lowest BCUT2D eigenvalue weighted by atomic mass is 10.5. The van der Waals surface area contributed by atoms with Crippen LogP contribution in [0.1, 0.15) is 13.3 Å². The molecule has 74 valence electrons. The van der Waals surface area contributed by atoms with Gasteiger partial charge in [-0.05, 0) is 12.5 Å². The highest BCUT2D eigenvalue weighted by Gasteiger charge is 2.13. The molecule has 0 atom stereocenters. The molecule has 1 aromatic rings. The van der Waals surface area contributed by atoms with Crippen LogP contribution in [-0.4, -0.2) is 19.5 Å². The summed E-state index contributed by atoms with van der Waals surface area (Å²) in [7, 11) is -1.48. The van der Waals surface area contributed by atoms with Crippen LogP contribution >= 0.6 is 0 Å². The third-order valence-corrected chi connectivity index (χ3v) is 3.10. The minimum Gasteiger partial charge on any atom is -0.356 e. The third kappa shape index (κ3) is 2.57. The number of rotatable bonds is 4. The average Bonchev–Trinajstić information content (AvgIpc) is 2.49. The zero-order valence-corrected chi connectivity index (χ0v) is 8.63. The maximum Gasteiger partial charge on any atom is 0.242 e. The topological polar surface area (TPSA) is 51.1 Å². The van der Waals surface area contributed by atoms with Crippen molar-refractivity contribution in [3.05, 3.63) is 18.5 Å². The second-order valence-electron chi connectivity index (χ2n) is 2.91. The molecule has 0 amide bonds. The Morgan fingerprint density at radius 2 is 2.23 bits per heavy atom. The van der Waals surface area contributed by atoms with Gasteiger partial charge in [-0.2, -0.15) is 0 Å². The van der Waals surface area contributed by atoms with E-state index in [1.165, 1.54) is 0 Å². The molecule has 0 aliphatic carbocycles. The van der Waals surface area contributed by atoms with Crippen molar-refractivity contribution in [3.63, 3.8) is 0 Å². The smallest absolute Gasteiger partial charge is 0.242 e. The molecule has 0 radical (unpaired) electrons. The van der Waals surface area contributed by atoms with Gasteiger partial charge in [-0.3, -0.25) is 0 Å². The Bertz CT molecular complexity index is 367. The van der Waals surface area contributed by atoms with Crippen molar-refractivity contribution in [1.29, 1.82) is 0 Å². The zero-order chi connectivity index (χ0) is 9.90. The Labute approximate surface area is 78.6 Å². The number of aryl methyl sites for hydroxylation is 1. The summed E-state index contributed by atoms with van der Waals surface area (Å²) in [6.45, 7) is 2.41. The summed E-state index contributed by atoms with van der Waals surface area (Å²) >= 11 is 0. The lowest BCUT2D eigenvalue weighted by Gasteiger charge is -2.01. The third-order valence-electron chi connectivity index (χ3n) is 1.66. The molecule has 0 aliphatic rings. The first-order valence-corrected chi connectivity index (χ1v) is 5.66. The average molecular weight is 202 g/mol. The molecule has 1 aromatic heterocycles. The van der Waals surface area contributed by atoms with Crippen molar-refractivity contribution >= 4 is 10.0 Å². The Kier molecular flexibility index (Phi) is 3.11. The quantitative estimate of drug-likeness (QED) is 0.782. The van der Waals surface area contributed by atoms with E-state index in [0.717, 1.165) is 6.42 Å². The zero-order valence-electron chi connectivity index (χ0n) is 7.82. The van der Waals surface area contributed by atoms with E-state index in [2.05, 4.69) is 4.72 Å². The van der Waals surface area contributed by atoms with E-state index >= 15 is 0 Å². The Hall–Kier alpha value is -0.810. The van der Waals surface area contributed by atoms with Gasteiger partial charge in [0.05, 0.1) is 4.90 Å². The molecule has 0 fully saturated rings. The molecular formula is C8H14N2O2S. The van der Waals surface area contributed by atoms with Crippen LogP contribution < -0.4 is 4.72 Å². The van der Waals surface area contributed by atoms with Crippen molar-refractivity contribution in [2.45, 2.75) is 18.2 Å². The Balaban J connectivity index is 2.82. The van der Waals surface area contributed by atoms with Crippen molar-refractivity contribution in [2.24, 2.45) is 7.05 Å². The summed E-state index contributed by atoms with van der Waals surface area (Å²) in [4.78, 5) is 0.323. The molecule has 13 heavy (non-hydrogen) atoms. The number of hydrogen-bond acceptors (Lipinski definition) is 2. The predicted octanol–water partition coefficient (Wildman–Crippen LogP) is 0.713. The lowest BCUT2D eigenvalue weighted by molar-refractivity contribution is 0.580. The largest absolute Gasteiger partial charge is 0.356 e. The maximum absolute atomic E-state index is 11.5. The number of sulfonamides is 1. The van der Waals surface area contributed by atoms with Gasteiger partial charge in [0, 0.05) is 26.0 Å². The van der Waals surface area contributed by atoms with E-state index in [9.17, 15) is 8.42 Å². The molecule has 0 aliphatic heterocycles. The van der Waals surface area contributed by atoms with Crippen LogP contribution in [0.3, 0.4) is 0 Å². The number of nitrogens with zero attached hydrogens (tertiary/aromatic N) is 1. The first kappa shape index (κ1) is 10.3. The van der Waals surface area contributed by atoms with Crippen LogP contribution in [0.2, 0.25) is 0 Å². The van der Waals surface area contributed by atoms with Gasteiger partial charge in [0.2, 0.25) is 10.0 Å². The molecule has 1 heterocycles. The molecule has 1 rings (SSSR count). The second kappa shape index (κ2) is 3.93. The summed E-state index contributed by atoms with van der Waals surface area (Å²) in [5.74, 6) is 0. The first-order valence-electron chi connectivity index (χ1n) is 4.18. The number of hydrogen-bond donors (Lipinski definition) is 1. The van der Waals surface area contributed by atoms with Gasteiger partial charge in [0.25, 0.3) is 0 Å². The fourth-order valence-electron chi connectivity index (χ4n) is 0.957. The summed E-state index contributed by atoms with van der Waals surface area (Å²) in [6.07, 6.45) is 4.09. The van der Waals surface area contributed by atoms with Crippen LogP contribution in [0.4, 0.5) is 0 Å². The molecule has 0 unspecified atom stereocenters. The summed E-state index contributed by atoms with van der Waals surface area (Å²) < 4.78 is 27.2. The standard InChI is InChI=1S/C8H14N2O2S/c1-3-5-9-13(11,12)8-4-6-10(2)7-8/h4,6-7,9H,3,5H2,1-2H3. The molecule has 1 N–H and O–H groups in total. The van der Waals surface area contributed by atoms with Gasteiger partial charge in [-0.25, -0.2) is 13.1 Å². The van der Waals surface area contributed by atoms with E-state index in [-0.39, 0.29) is 0 Å². The highest BCUT2D eigenvalue weighted by Crippen LogP contribution is 2.07. The van der Waals surface area contributed by atoms with E-state index in [1.807, 2.05) is 6.92 Å². The normalized spacial score (nSPS) is 11.8. The monoisotopic (exact) mass is 202 g/mol. The molecular weight excluding hydrogens is 188 g/mol. The number of nitrogens with one attached hydrogen (secondary N) is 1. The fourth-order valence-corrected chi connectivity index (χ4v) is 2.14. The molecule has 0 saturated heterocycles.